The number of nitrogens with one attached hydrogen (secondary N) is 3. The Balaban J connectivity index is 1.88. The van der Waals surface area contributed by atoms with Gasteiger partial charge in [0, 0.05) is 11.1 Å². The number of hydrogen-bond donors (Lipinski definition) is 4. The number of aromatic nitrogens is 2. The summed E-state index contributed by atoms with van der Waals surface area (Å²) in [6, 6.07) is 15.3. The van der Waals surface area contributed by atoms with Gasteiger partial charge in [0.25, 0.3) is 0 Å². The Kier molecular flexibility index (Phi) is 7.15. The molecule has 3 rings (SSSR count). The SMILES string of the molecule is COc1ccc(-c2nc(SCC(=O)NNC(N)=S)[nH]c2-c2ccc(OC)cc2)cc1. The minimum absolute atomic E-state index is 0.00469. The molecule has 156 valence electrons. The zero-order valence-electron chi connectivity index (χ0n) is 16.4. The van der Waals surface area contributed by atoms with Gasteiger partial charge in [0.2, 0.25) is 5.91 Å². The van der Waals surface area contributed by atoms with Gasteiger partial charge in [-0.3, -0.25) is 15.6 Å². The van der Waals surface area contributed by atoms with Crippen LogP contribution in [0.4, 0.5) is 0 Å². The van der Waals surface area contributed by atoms with Crippen LogP contribution in [-0.4, -0.2) is 41.0 Å². The van der Waals surface area contributed by atoms with Crippen molar-refractivity contribution in [3.63, 3.8) is 0 Å². The normalized spacial score (nSPS) is 10.3. The number of carbonyl (C=O) groups excluding carboxylic acids is 1. The Morgan fingerprint density at radius 2 is 1.60 bits per heavy atom. The molecule has 0 unspecified atom stereocenters. The molecular weight excluding hydrogens is 422 g/mol. The van der Waals surface area contributed by atoms with Gasteiger partial charge in [-0.05, 0) is 60.7 Å². The van der Waals surface area contributed by atoms with E-state index in [4.69, 9.17) is 20.2 Å². The highest BCUT2D eigenvalue weighted by atomic mass is 32.2. The number of nitrogens with two attached hydrogens (primary N) is 1. The van der Waals surface area contributed by atoms with Crippen LogP contribution >= 0.6 is 24.0 Å². The molecule has 0 saturated heterocycles. The number of benzene rings is 2. The van der Waals surface area contributed by atoms with Gasteiger partial charge < -0.3 is 20.2 Å². The van der Waals surface area contributed by atoms with Crippen LogP contribution in [0.2, 0.25) is 0 Å². The maximum atomic E-state index is 11.9. The average Bonchev–Trinajstić information content (AvgIpc) is 3.20. The van der Waals surface area contributed by atoms with E-state index >= 15 is 0 Å². The highest BCUT2D eigenvalue weighted by Gasteiger charge is 2.16. The van der Waals surface area contributed by atoms with Gasteiger partial charge in [-0.1, -0.05) is 11.8 Å². The summed E-state index contributed by atoms with van der Waals surface area (Å²) >= 11 is 5.93. The molecule has 1 heterocycles. The van der Waals surface area contributed by atoms with Crippen LogP contribution in [0, 0.1) is 0 Å². The highest BCUT2D eigenvalue weighted by Crippen LogP contribution is 2.34. The number of hydrazine groups is 1. The zero-order chi connectivity index (χ0) is 21.5. The second kappa shape index (κ2) is 9.99. The maximum absolute atomic E-state index is 11.9. The van der Waals surface area contributed by atoms with Crippen molar-refractivity contribution in [1.82, 2.24) is 20.8 Å². The van der Waals surface area contributed by atoms with Gasteiger partial charge in [0.15, 0.2) is 10.3 Å². The van der Waals surface area contributed by atoms with Crippen molar-refractivity contribution in [2.24, 2.45) is 5.73 Å². The molecule has 0 bridgehead atoms. The fourth-order valence-corrected chi connectivity index (χ4v) is 3.37. The largest absolute Gasteiger partial charge is 0.497 e. The van der Waals surface area contributed by atoms with Crippen LogP contribution < -0.4 is 26.1 Å². The Morgan fingerprint density at radius 3 is 2.13 bits per heavy atom. The third kappa shape index (κ3) is 5.43. The van der Waals surface area contributed by atoms with Crippen LogP contribution in [-0.2, 0) is 4.79 Å². The number of carbonyl (C=O) groups is 1. The number of nitrogens with zero attached hydrogens (tertiary/aromatic N) is 1. The lowest BCUT2D eigenvalue weighted by Crippen LogP contribution is -2.45. The lowest BCUT2D eigenvalue weighted by molar-refractivity contribution is -0.119. The highest BCUT2D eigenvalue weighted by molar-refractivity contribution is 7.99. The van der Waals surface area contributed by atoms with E-state index in [1.54, 1.807) is 14.2 Å². The Hall–Kier alpha value is -3.24. The van der Waals surface area contributed by atoms with E-state index < -0.39 is 0 Å². The van der Waals surface area contributed by atoms with E-state index in [0.29, 0.717) is 5.16 Å². The number of aromatic amines is 1. The van der Waals surface area contributed by atoms with Crippen molar-refractivity contribution in [3.05, 3.63) is 48.5 Å². The molecule has 0 fully saturated rings. The number of imidazole rings is 1. The summed E-state index contributed by atoms with van der Waals surface area (Å²) in [6.07, 6.45) is 0. The standard InChI is InChI=1S/C20H21N5O3S2/c1-27-14-7-3-12(4-8-14)17-18(13-5-9-15(28-2)10-6-13)23-20(22-17)30-11-16(26)24-25-19(21)29/h3-10H,11H2,1-2H3,(H,22,23)(H,24,26)(H3,21,25,29). The fraction of sp³-hybridized carbons (Fsp3) is 0.150. The molecule has 0 atom stereocenters. The van der Waals surface area contributed by atoms with Crippen LogP contribution in [0.15, 0.2) is 53.7 Å². The minimum atomic E-state index is -0.277. The molecule has 8 nitrogen and oxygen atoms in total. The molecule has 0 aliphatic carbocycles. The molecule has 2 aromatic carbocycles. The smallest absolute Gasteiger partial charge is 0.248 e. The van der Waals surface area contributed by atoms with Crippen LogP contribution in [0.25, 0.3) is 22.5 Å². The van der Waals surface area contributed by atoms with E-state index in [2.05, 4.69) is 28.1 Å². The predicted octanol–water partition coefficient (Wildman–Crippen LogP) is 2.72. The number of thiocarbonyl (C=S) groups is 1. The summed E-state index contributed by atoms with van der Waals surface area (Å²) in [4.78, 5) is 19.9. The molecule has 0 spiro atoms. The number of amides is 1. The van der Waals surface area contributed by atoms with Crippen molar-refractivity contribution in [2.75, 3.05) is 20.0 Å². The van der Waals surface area contributed by atoms with Crippen LogP contribution in [0.1, 0.15) is 0 Å². The molecule has 30 heavy (non-hydrogen) atoms. The number of H-pyrrole nitrogens is 1. The van der Waals surface area contributed by atoms with E-state index in [-0.39, 0.29) is 16.8 Å². The molecule has 0 aliphatic heterocycles. The molecule has 0 radical (unpaired) electrons. The van der Waals surface area contributed by atoms with E-state index in [0.717, 1.165) is 34.0 Å². The second-order valence-electron chi connectivity index (χ2n) is 6.05. The number of thioether (sulfide) groups is 1. The van der Waals surface area contributed by atoms with E-state index in [1.807, 2.05) is 48.5 Å². The third-order valence-corrected chi connectivity index (χ3v) is 5.06. The van der Waals surface area contributed by atoms with Gasteiger partial charge in [0.1, 0.15) is 11.5 Å². The van der Waals surface area contributed by atoms with Gasteiger partial charge in [0.05, 0.1) is 31.4 Å². The van der Waals surface area contributed by atoms with Gasteiger partial charge in [-0.25, -0.2) is 4.98 Å². The molecular formula is C20H21N5O3S2. The lowest BCUT2D eigenvalue weighted by atomic mass is 10.0. The molecule has 3 aromatic rings. The second-order valence-corrected chi connectivity index (χ2v) is 7.45. The predicted molar refractivity (Wildman–Crippen MR) is 121 cm³/mol. The zero-order valence-corrected chi connectivity index (χ0v) is 18.0. The van der Waals surface area contributed by atoms with Crippen molar-refractivity contribution >= 4 is 35.0 Å². The Morgan fingerprint density at radius 1 is 1.03 bits per heavy atom. The first kappa shape index (κ1) is 21.5. The molecule has 0 saturated carbocycles. The minimum Gasteiger partial charge on any atom is -0.497 e. The summed E-state index contributed by atoms with van der Waals surface area (Å²) in [5.74, 6) is 1.38. The Bertz CT molecular complexity index is 955. The first-order valence-electron chi connectivity index (χ1n) is 8.86. The molecule has 10 heteroatoms. The van der Waals surface area contributed by atoms with E-state index in [1.165, 1.54) is 11.8 Å². The lowest BCUT2D eigenvalue weighted by Gasteiger charge is -2.06. The molecule has 0 aliphatic rings. The molecule has 1 amide bonds. The monoisotopic (exact) mass is 443 g/mol. The van der Waals surface area contributed by atoms with Crippen molar-refractivity contribution in [1.29, 1.82) is 0 Å². The van der Waals surface area contributed by atoms with Crippen LogP contribution in [0.3, 0.4) is 0 Å². The summed E-state index contributed by atoms with van der Waals surface area (Å²) in [7, 11) is 3.25. The number of hydrogen-bond acceptors (Lipinski definition) is 6. The van der Waals surface area contributed by atoms with Gasteiger partial charge >= 0.3 is 0 Å². The maximum Gasteiger partial charge on any atom is 0.248 e. The summed E-state index contributed by atoms with van der Waals surface area (Å²) in [5, 5.41) is 0.604. The summed E-state index contributed by atoms with van der Waals surface area (Å²) < 4.78 is 10.5. The Labute approximate surface area is 183 Å². The summed E-state index contributed by atoms with van der Waals surface area (Å²) in [5.41, 5.74) is 13.6. The molecule has 1 aromatic heterocycles. The fourth-order valence-electron chi connectivity index (χ4n) is 2.65. The average molecular weight is 444 g/mol. The van der Waals surface area contributed by atoms with Gasteiger partial charge in [-0.15, -0.1) is 0 Å². The summed E-state index contributed by atoms with van der Waals surface area (Å²) in [6.45, 7) is 0. The van der Waals surface area contributed by atoms with E-state index in [9.17, 15) is 4.79 Å². The molecule has 5 N–H and O–H groups in total. The quantitative estimate of drug-likeness (QED) is 0.250. The van der Waals surface area contributed by atoms with Crippen LogP contribution in [0.5, 0.6) is 11.5 Å². The first-order chi connectivity index (χ1) is 14.5. The topological polar surface area (TPSA) is 114 Å². The number of ether oxygens (including phenoxy) is 2. The van der Waals surface area contributed by atoms with Gasteiger partial charge in [-0.2, -0.15) is 0 Å². The van der Waals surface area contributed by atoms with Crippen molar-refractivity contribution in [2.45, 2.75) is 5.16 Å². The first-order valence-corrected chi connectivity index (χ1v) is 10.3. The van der Waals surface area contributed by atoms with Crippen molar-refractivity contribution in [3.8, 4) is 34.0 Å². The number of methoxy groups -OCH3 is 2. The number of rotatable bonds is 7. The van der Waals surface area contributed by atoms with Crippen molar-refractivity contribution < 1.29 is 14.3 Å². The third-order valence-electron chi connectivity index (χ3n) is 4.09.